The van der Waals surface area contributed by atoms with Crippen molar-refractivity contribution in [1.29, 1.82) is 0 Å². The summed E-state index contributed by atoms with van der Waals surface area (Å²) in [6, 6.07) is 24.9. The Labute approximate surface area is 363 Å². The van der Waals surface area contributed by atoms with Crippen molar-refractivity contribution in [2.45, 2.75) is 38.0 Å². The number of carbonyl (C=O) groups excluding carboxylic acids is 4. The second-order valence-electron chi connectivity index (χ2n) is 15.7. The number of pyridine rings is 1. The normalized spacial score (nSPS) is 17.6. The van der Waals surface area contributed by atoms with Crippen molar-refractivity contribution in [1.82, 2.24) is 35.6 Å². The van der Waals surface area contributed by atoms with Crippen LogP contribution in [0.25, 0.3) is 0 Å². The maximum atomic E-state index is 14.7. The number of piperidine rings is 2. The lowest BCUT2D eigenvalue weighted by Crippen LogP contribution is -2.48. The highest BCUT2D eigenvalue weighted by Gasteiger charge is 2.28. The third kappa shape index (κ3) is 10.7. The van der Waals surface area contributed by atoms with E-state index in [0.29, 0.717) is 52.1 Å². The van der Waals surface area contributed by atoms with E-state index < -0.39 is 5.82 Å². The molecule has 0 spiro atoms. The maximum absolute atomic E-state index is 14.7. The molecule has 0 bridgehead atoms. The van der Waals surface area contributed by atoms with Crippen LogP contribution in [-0.4, -0.2) is 94.3 Å². The highest BCUT2D eigenvalue weighted by Crippen LogP contribution is 2.28. The van der Waals surface area contributed by atoms with Gasteiger partial charge in [0.2, 0.25) is 17.8 Å². The van der Waals surface area contributed by atoms with Crippen LogP contribution >= 0.6 is 11.6 Å². The summed E-state index contributed by atoms with van der Waals surface area (Å²) in [5.41, 5.74) is 6.91. The minimum atomic E-state index is -0.677. The molecule has 5 N–H and O–H groups in total. The van der Waals surface area contributed by atoms with E-state index in [4.69, 9.17) is 11.6 Å². The molecule has 320 valence electrons. The molecule has 0 aliphatic carbocycles. The van der Waals surface area contributed by atoms with Gasteiger partial charge in [-0.05, 0) is 104 Å². The molecule has 5 aromatic rings. The van der Waals surface area contributed by atoms with Gasteiger partial charge in [-0.3, -0.25) is 34.8 Å². The molecule has 3 aromatic carbocycles. The standard InChI is InChI=1S/C45H47ClFN11O4/c46-36-3-1-2-4-38(36)51-42(60)31-5-10-33(11-6-31)50-41-37(47)28-49-45(54-41)52-39-15-9-32(27-48-39)43(61)55-58-21-18-29(19-22-58)17-20-56-23-25-57(26-24-56)34-12-7-30(8-13-34)35-14-16-40(59)53-44(35)62/h1-13,15,27-29,35H,14,16-26H2,(H,51,60)(H,55,61)(H,53,59,62)(H2,48,49,50,52,54). The number of para-hydroxylation sites is 1. The van der Waals surface area contributed by atoms with E-state index >= 15 is 0 Å². The highest BCUT2D eigenvalue weighted by molar-refractivity contribution is 6.33. The Hall–Kier alpha value is -6.49. The van der Waals surface area contributed by atoms with Crippen LogP contribution in [0.1, 0.15) is 64.3 Å². The van der Waals surface area contributed by atoms with Crippen molar-refractivity contribution in [3.8, 4) is 0 Å². The zero-order chi connectivity index (χ0) is 43.0. The van der Waals surface area contributed by atoms with Crippen molar-refractivity contribution in [2.24, 2.45) is 5.92 Å². The molecule has 8 rings (SSSR count). The van der Waals surface area contributed by atoms with Gasteiger partial charge in [0.05, 0.1) is 28.4 Å². The number of nitrogens with one attached hydrogen (secondary N) is 5. The quantitative estimate of drug-likeness (QED) is 0.0815. The van der Waals surface area contributed by atoms with E-state index in [1.54, 1.807) is 60.7 Å². The number of hydrazine groups is 1. The summed E-state index contributed by atoms with van der Waals surface area (Å²) in [7, 11) is 0. The van der Waals surface area contributed by atoms with Crippen LogP contribution in [0.5, 0.6) is 0 Å². The third-order valence-electron chi connectivity index (χ3n) is 11.5. The number of imide groups is 1. The predicted molar refractivity (Wildman–Crippen MR) is 235 cm³/mol. The average Bonchev–Trinajstić information content (AvgIpc) is 3.29. The number of aromatic nitrogens is 3. The van der Waals surface area contributed by atoms with Crippen LogP contribution in [0.4, 0.5) is 39.0 Å². The fourth-order valence-electron chi connectivity index (χ4n) is 7.90. The number of anilines is 6. The molecule has 0 saturated carbocycles. The molecule has 3 saturated heterocycles. The van der Waals surface area contributed by atoms with Gasteiger partial charge in [0.15, 0.2) is 11.6 Å². The molecule has 15 nitrogen and oxygen atoms in total. The molecule has 3 fully saturated rings. The monoisotopic (exact) mass is 859 g/mol. The Kier molecular flexibility index (Phi) is 13.3. The molecular formula is C45H47ClFN11O4. The van der Waals surface area contributed by atoms with Crippen LogP contribution in [0, 0.1) is 11.7 Å². The number of halogens is 2. The van der Waals surface area contributed by atoms with Gasteiger partial charge in [0.1, 0.15) is 5.82 Å². The molecule has 5 heterocycles. The number of amides is 4. The van der Waals surface area contributed by atoms with Gasteiger partial charge in [-0.25, -0.2) is 19.4 Å². The minimum absolute atomic E-state index is 0.0806. The van der Waals surface area contributed by atoms with E-state index in [1.165, 1.54) is 6.20 Å². The number of piperazine rings is 1. The predicted octanol–water partition coefficient (Wildman–Crippen LogP) is 6.49. The number of benzene rings is 3. The molecule has 17 heteroatoms. The molecule has 1 atom stereocenters. The lowest BCUT2D eigenvalue weighted by molar-refractivity contribution is -0.134. The molecule has 62 heavy (non-hydrogen) atoms. The number of hydrogen-bond acceptors (Lipinski definition) is 12. The topological polar surface area (TPSA) is 177 Å². The summed E-state index contributed by atoms with van der Waals surface area (Å²) in [6.07, 6.45) is 6.56. The minimum Gasteiger partial charge on any atom is -0.369 e. The molecular weight excluding hydrogens is 813 g/mol. The summed E-state index contributed by atoms with van der Waals surface area (Å²) in [4.78, 5) is 67.1. The fourth-order valence-corrected chi connectivity index (χ4v) is 8.08. The first-order chi connectivity index (χ1) is 30.1. The van der Waals surface area contributed by atoms with Gasteiger partial charge in [0.25, 0.3) is 11.8 Å². The maximum Gasteiger partial charge on any atom is 0.267 e. The Morgan fingerprint density at radius 1 is 0.790 bits per heavy atom. The van der Waals surface area contributed by atoms with Crippen LogP contribution in [0.15, 0.2) is 97.3 Å². The van der Waals surface area contributed by atoms with Crippen LogP contribution in [0.3, 0.4) is 0 Å². The summed E-state index contributed by atoms with van der Waals surface area (Å²) in [5, 5.41) is 13.5. The third-order valence-corrected chi connectivity index (χ3v) is 11.9. The van der Waals surface area contributed by atoms with E-state index in [2.05, 4.69) is 63.6 Å². The van der Waals surface area contributed by atoms with E-state index in [0.717, 1.165) is 82.5 Å². The van der Waals surface area contributed by atoms with Gasteiger partial charge in [0, 0.05) is 68.8 Å². The molecule has 1 unspecified atom stereocenters. The van der Waals surface area contributed by atoms with Crippen molar-refractivity contribution < 1.29 is 23.6 Å². The zero-order valence-electron chi connectivity index (χ0n) is 33.9. The first kappa shape index (κ1) is 42.2. The number of nitrogens with zero attached hydrogens (tertiary/aromatic N) is 6. The van der Waals surface area contributed by atoms with Gasteiger partial charge in [-0.2, -0.15) is 4.98 Å². The largest absolute Gasteiger partial charge is 0.369 e. The molecule has 3 aliphatic heterocycles. The first-order valence-electron chi connectivity index (χ1n) is 20.8. The summed E-state index contributed by atoms with van der Waals surface area (Å²) >= 11 is 6.15. The second-order valence-corrected chi connectivity index (χ2v) is 16.1. The summed E-state index contributed by atoms with van der Waals surface area (Å²) in [5.74, 6) is -0.958. The Morgan fingerprint density at radius 3 is 2.24 bits per heavy atom. The van der Waals surface area contributed by atoms with Crippen LogP contribution < -0.4 is 31.6 Å². The molecule has 4 amide bonds. The molecule has 0 radical (unpaired) electrons. The van der Waals surface area contributed by atoms with Crippen molar-refractivity contribution in [2.75, 3.05) is 66.7 Å². The number of carbonyl (C=O) groups is 4. The number of rotatable bonds is 13. The molecule has 3 aliphatic rings. The van der Waals surface area contributed by atoms with Gasteiger partial charge >= 0.3 is 0 Å². The van der Waals surface area contributed by atoms with Crippen molar-refractivity contribution in [3.63, 3.8) is 0 Å². The van der Waals surface area contributed by atoms with E-state index in [-0.39, 0.29) is 41.3 Å². The summed E-state index contributed by atoms with van der Waals surface area (Å²) in [6.45, 7) is 6.47. The SMILES string of the molecule is O=C1CCC(c2ccc(N3CCN(CCC4CCN(NC(=O)c5ccc(Nc6ncc(F)c(Nc7ccc(C(=O)Nc8ccccc8Cl)cc7)n6)nc5)CC4)CC3)cc2)C(=O)N1. The van der Waals surface area contributed by atoms with E-state index in [1.807, 2.05) is 17.1 Å². The fraction of sp³-hybridized carbons (Fsp3) is 0.311. The molecule has 2 aromatic heterocycles. The Morgan fingerprint density at radius 2 is 1.53 bits per heavy atom. The first-order valence-corrected chi connectivity index (χ1v) is 21.2. The van der Waals surface area contributed by atoms with Crippen LogP contribution in [-0.2, 0) is 9.59 Å². The van der Waals surface area contributed by atoms with Gasteiger partial charge in [-0.15, -0.1) is 0 Å². The van der Waals surface area contributed by atoms with Crippen molar-refractivity contribution >= 4 is 69.9 Å². The zero-order valence-corrected chi connectivity index (χ0v) is 34.7. The highest BCUT2D eigenvalue weighted by atomic mass is 35.5. The lowest BCUT2D eigenvalue weighted by atomic mass is 9.90. The Bertz CT molecular complexity index is 2390. The Balaban J connectivity index is 0.739. The lowest BCUT2D eigenvalue weighted by Gasteiger charge is -2.37. The average molecular weight is 860 g/mol. The van der Waals surface area contributed by atoms with Crippen LogP contribution in [0.2, 0.25) is 5.02 Å². The number of hydrogen-bond donors (Lipinski definition) is 5. The van der Waals surface area contributed by atoms with Gasteiger partial charge < -0.3 is 20.9 Å². The summed E-state index contributed by atoms with van der Waals surface area (Å²) < 4.78 is 14.7. The van der Waals surface area contributed by atoms with Gasteiger partial charge in [-0.1, -0.05) is 35.9 Å². The second kappa shape index (κ2) is 19.5. The van der Waals surface area contributed by atoms with Crippen molar-refractivity contribution in [3.05, 3.63) is 125 Å². The smallest absolute Gasteiger partial charge is 0.267 e. The van der Waals surface area contributed by atoms with E-state index in [9.17, 15) is 23.6 Å².